The third kappa shape index (κ3) is 4.58. The number of aryl methyl sites for hydroxylation is 3. The van der Waals surface area contributed by atoms with Crippen LogP contribution in [0.4, 0.5) is 5.69 Å². The predicted octanol–water partition coefficient (Wildman–Crippen LogP) is 5.35. The molecule has 0 aliphatic heterocycles. The van der Waals surface area contributed by atoms with Gasteiger partial charge >= 0.3 is 0 Å². The van der Waals surface area contributed by atoms with Crippen molar-refractivity contribution < 1.29 is 4.79 Å². The minimum absolute atomic E-state index is 0.0950. The second kappa shape index (κ2) is 9.60. The number of pyridine rings is 1. The van der Waals surface area contributed by atoms with Crippen molar-refractivity contribution in [3.63, 3.8) is 0 Å². The van der Waals surface area contributed by atoms with Gasteiger partial charge in [0.1, 0.15) is 0 Å². The normalized spacial score (nSPS) is 13.0. The summed E-state index contributed by atoms with van der Waals surface area (Å²) in [6.07, 6.45) is 4.00. The van der Waals surface area contributed by atoms with E-state index in [1.54, 1.807) is 18.2 Å². The minimum Gasteiger partial charge on any atom is -0.325 e. The molecule has 2 aromatic heterocycles. The van der Waals surface area contributed by atoms with E-state index in [4.69, 9.17) is 21.6 Å². The molecule has 1 aliphatic carbocycles. The van der Waals surface area contributed by atoms with Crippen LogP contribution in [-0.2, 0) is 17.6 Å². The van der Waals surface area contributed by atoms with Crippen LogP contribution in [0.15, 0.2) is 64.5 Å². The van der Waals surface area contributed by atoms with Gasteiger partial charge in [-0.05, 0) is 74.1 Å². The van der Waals surface area contributed by atoms with Crippen molar-refractivity contribution in [1.82, 2.24) is 14.5 Å². The molecular weight excluding hydrogens is 468 g/mol. The average Bonchev–Trinajstić information content (AvgIpc) is 2.83. The molecule has 1 N–H and O–H groups in total. The molecule has 34 heavy (non-hydrogen) atoms. The minimum atomic E-state index is -0.213. The van der Waals surface area contributed by atoms with Gasteiger partial charge in [0, 0.05) is 16.4 Å². The number of halogens is 1. The molecule has 0 saturated heterocycles. The van der Waals surface area contributed by atoms with Crippen molar-refractivity contribution in [3.05, 3.63) is 86.8 Å². The molecule has 4 aromatic rings. The Morgan fingerprint density at radius 2 is 1.91 bits per heavy atom. The zero-order chi connectivity index (χ0) is 23.7. The molecule has 2 heterocycles. The van der Waals surface area contributed by atoms with Gasteiger partial charge in [0.25, 0.3) is 5.56 Å². The number of hydrogen-bond acceptors (Lipinski definition) is 5. The SMILES string of the molecule is Cc1ccccc1NC(=O)CSc1nc2nc3c(cc2c(=O)n1-c1cccc(Cl)c1)CCCC3. The van der Waals surface area contributed by atoms with Crippen molar-refractivity contribution in [2.45, 2.75) is 37.8 Å². The third-order valence-electron chi connectivity index (χ3n) is 5.92. The predicted molar refractivity (Wildman–Crippen MR) is 137 cm³/mol. The Morgan fingerprint density at radius 1 is 1.09 bits per heavy atom. The Morgan fingerprint density at radius 3 is 2.74 bits per heavy atom. The maximum absolute atomic E-state index is 13.7. The van der Waals surface area contributed by atoms with Crippen molar-refractivity contribution in [3.8, 4) is 5.69 Å². The molecule has 0 spiro atoms. The molecular formula is C26H23ClN4O2S. The summed E-state index contributed by atoms with van der Waals surface area (Å²) in [7, 11) is 0. The van der Waals surface area contributed by atoms with Crippen molar-refractivity contribution in [1.29, 1.82) is 0 Å². The Bertz CT molecular complexity index is 1470. The molecule has 5 rings (SSSR count). The highest BCUT2D eigenvalue weighted by Gasteiger charge is 2.19. The number of aromatic nitrogens is 3. The Labute approximate surface area is 206 Å². The van der Waals surface area contributed by atoms with Gasteiger partial charge in [-0.1, -0.05) is 47.6 Å². The fourth-order valence-electron chi connectivity index (χ4n) is 4.18. The maximum atomic E-state index is 13.7. The smallest absolute Gasteiger partial charge is 0.268 e. The van der Waals surface area contributed by atoms with Crippen molar-refractivity contribution >= 4 is 46.0 Å². The number of rotatable bonds is 5. The van der Waals surface area contributed by atoms with Gasteiger partial charge in [-0.2, -0.15) is 0 Å². The first-order valence-corrected chi connectivity index (χ1v) is 12.6. The van der Waals surface area contributed by atoms with Crippen LogP contribution in [-0.4, -0.2) is 26.2 Å². The van der Waals surface area contributed by atoms with Crippen LogP contribution in [0, 0.1) is 6.92 Å². The molecule has 0 saturated carbocycles. The third-order valence-corrected chi connectivity index (χ3v) is 7.10. The van der Waals surface area contributed by atoms with E-state index >= 15 is 0 Å². The first-order chi connectivity index (χ1) is 16.5. The number of carbonyl (C=O) groups is 1. The summed E-state index contributed by atoms with van der Waals surface area (Å²) in [6.45, 7) is 1.94. The highest BCUT2D eigenvalue weighted by Crippen LogP contribution is 2.26. The lowest BCUT2D eigenvalue weighted by molar-refractivity contribution is -0.113. The van der Waals surface area contributed by atoms with Crippen LogP contribution in [0.1, 0.15) is 29.7 Å². The Kier molecular flexibility index (Phi) is 6.39. The Hall–Kier alpha value is -3.16. The quantitative estimate of drug-likeness (QED) is 0.301. The highest BCUT2D eigenvalue weighted by molar-refractivity contribution is 7.99. The molecule has 0 unspecified atom stereocenters. The number of hydrogen-bond donors (Lipinski definition) is 1. The van der Waals surface area contributed by atoms with E-state index in [1.165, 1.54) is 16.3 Å². The largest absolute Gasteiger partial charge is 0.325 e. The number of para-hydroxylation sites is 1. The van der Waals surface area contributed by atoms with Gasteiger partial charge in [-0.25, -0.2) is 9.97 Å². The summed E-state index contributed by atoms with van der Waals surface area (Å²) in [5, 5.41) is 4.33. The Balaban J connectivity index is 1.55. The molecule has 2 aromatic carbocycles. The van der Waals surface area contributed by atoms with E-state index in [2.05, 4.69) is 5.32 Å². The van der Waals surface area contributed by atoms with Gasteiger partial charge < -0.3 is 5.32 Å². The number of nitrogens with zero attached hydrogens (tertiary/aromatic N) is 3. The van der Waals surface area contributed by atoms with Gasteiger partial charge in [0.15, 0.2) is 10.8 Å². The first-order valence-electron chi connectivity index (χ1n) is 11.2. The zero-order valence-corrected chi connectivity index (χ0v) is 20.2. The van der Waals surface area contributed by atoms with Gasteiger partial charge in [-0.15, -0.1) is 0 Å². The second-order valence-electron chi connectivity index (χ2n) is 8.34. The van der Waals surface area contributed by atoms with Crippen LogP contribution in [0.5, 0.6) is 0 Å². The van der Waals surface area contributed by atoms with Crippen LogP contribution >= 0.6 is 23.4 Å². The second-order valence-corrected chi connectivity index (χ2v) is 9.72. The van der Waals surface area contributed by atoms with E-state index in [-0.39, 0.29) is 17.2 Å². The number of anilines is 1. The lowest BCUT2D eigenvalue weighted by Crippen LogP contribution is -2.24. The summed E-state index contributed by atoms with van der Waals surface area (Å²) in [6, 6.07) is 16.6. The van der Waals surface area contributed by atoms with Crippen LogP contribution in [0.2, 0.25) is 5.02 Å². The molecule has 172 valence electrons. The van der Waals surface area contributed by atoms with Gasteiger partial charge in [0.2, 0.25) is 5.91 Å². The van der Waals surface area contributed by atoms with E-state index in [9.17, 15) is 9.59 Å². The molecule has 0 atom stereocenters. The summed E-state index contributed by atoms with van der Waals surface area (Å²) in [5.41, 5.74) is 4.69. The molecule has 1 amide bonds. The topological polar surface area (TPSA) is 76.9 Å². The zero-order valence-electron chi connectivity index (χ0n) is 18.7. The average molecular weight is 491 g/mol. The number of nitrogens with one attached hydrogen (secondary N) is 1. The number of fused-ring (bicyclic) bond motifs is 2. The summed E-state index contributed by atoms with van der Waals surface area (Å²) in [4.78, 5) is 35.8. The highest BCUT2D eigenvalue weighted by atomic mass is 35.5. The molecule has 8 heteroatoms. The lowest BCUT2D eigenvalue weighted by atomic mass is 9.95. The van der Waals surface area contributed by atoms with E-state index < -0.39 is 0 Å². The molecule has 0 bridgehead atoms. The van der Waals surface area contributed by atoms with E-state index in [0.717, 1.165) is 48.2 Å². The van der Waals surface area contributed by atoms with Crippen LogP contribution in [0.3, 0.4) is 0 Å². The maximum Gasteiger partial charge on any atom is 0.268 e. The van der Waals surface area contributed by atoms with Gasteiger partial charge in [0.05, 0.1) is 16.8 Å². The number of amides is 1. The standard InChI is InChI=1S/C26H23ClN4O2S/c1-16-7-2-4-11-21(16)28-23(32)15-34-26-30-24-20(13-17-8-3-5-12-22(17)29-24)25(33)31(26)19-10-6-9-18(27)14-19/h2,4,6-7,9-11,13-14H,3,5,8,12,15H2,1H3,(H,28,32). The molecule has 6 nitrogen and oxygen atoms in total. The van der Waals surface area contributed by atoms with Crippen LogP contribution in [0.25, 0.3) is 16.7 Å². The number of carbonyl (C=O) groups excluding carboxylic acids is 1. The van der Waals surface area contributed by atoms with Gasteiger partial charge in [-0.3, -0.25) is 14.2 Å². The lowest BCUT2D eigenvalue weighted by Gasteiger charge is -2.17. The number of benzene rings is 2. The fourth-order valence-corrected chi connectivity index (χ4v) is 5.17. The van der Waals surface area contributed by atoms with E-state index in [1.807, 2.05) is 43.3 Å². The summed E-state index contributed by atoms with van der Waals surface area (Å²) >= 11 is 7.43. The monoisotopic (exact) mass is 490 g/mol. The fraction of sp³-hybridized carbons (Fsp3) is 0.231. The van der Waals surface area contributed by atoms with Crippen molar-refractivity contribution in [2.75, 3.05) is 11.1 Å². The molecule has 0 fully saturated rings. The van der Waals surface area contributed by atoms with E-state index in [0.29, 0.717) is 26.9 Å². The first kappa shape index (κ1) is 22.6. The summed E-state index contributed by atoms with van der Waals surface area (Å²) < 4.78 is 1.52. The van der Waals surface area contributed by atoms with Crippen LogP contribution < -0.4 is 10.9 Å². The molecule has 0 radical (unpaired) electrons. The van der Waals surface area contributed by atoms with Crippen molar-refractivity contribution in [2.24, 2.45) is 0 Å². The molecule has 1 aliphatic rings. The summed E-state index contributed by atoms with van der Waals surface area (Å²) in [5.74, 6) is -0.0812. The number of thioether (sulfide) groups is 1.